The minimum Gasteiger partial charge on any atom is -0.490 e. The third-order valence-electron chi connectivity index (χ3n) is 3.53. The van der Waals surface area contributed by atoms with E-state index in [-0.39, 0.29) is 0 Å². The van der Waals surface area contributed by atoms with Gasteiger partial charge >= 0.3 is 0 Å². The molecule has 5 heteroatoms. The molecule has 106 valence electrons. The van der Waals surface area contributed by atoms with Crippen LogP contribution in [0.4, 0.5) is 5.13 Å². The molecule has 4 nitrogen and oxygen atoms in total. The van der Waals surface area contributed by atoms with Crippen LogP contribution in [0.15, 0.2) is 24.3 Å². The van der Waals surface area contributed by atoms with Gasteiger partial charge in [0.25, 0.3) is 0 Å². The Labute approximate surface area is 123 Å². The fraction of sp³-hybridized carbons (Fsp3) is 0.467. The Kier molecular flexibility index (Phi) is 4.16. The summed E-state index contributed by atoms with van der Waals surface area (Å²) < 4.78 is 10.3. The lowest BCUT2D eigenvalue weighted by Gasteiger charge is -2.16. The summed E-state index contributed by atoms with van der Waals surface area (Å²) >= 11 is 1.39. The quantitative estimate of drug-likeness (QED) is 0.910. The number of rotatable bonds is 5. The van der Waals surface area contributed by atoms with Crippen LogP contribution in [0.25, 0.3) is 0 Å². The Morgan fingerprint density at radius 1 is 1.30 bits per heavy atom. The smallest absolute Gasteiger partial charge is 0.202 e. The van der Waals surface area contributed by atoms with Crippen molar-refractivity contribution in [3.63, 3.8) is 0 Å². The number of ether oxygens (including phenoxy) is 1. The molecule has 0 radical (unpaired) electrons. The van der Waals surface area contributed by atoms with Gasteiger partial charge < -0.3 is 10.1 Å². The number of hydrogen-bond acceptors (Lipinski definition) is 5. The fourth-order valence-corrected chi connectivity index (χ4v) is 3.06. The highest BCUT2D eigenvalue weighted by Crippen LogP contribution is 2.27. The van der Waals surface area contributed by atoms with Crippen LogP contribution in [0.3, 0.4) is 0 Å². The minimum absolute atomic E-state index is 0.389. The van der Waals surface area contributed by atoms with Gasteiger partial charge in [-0.25, -0.2) is 4.98 Å². The molecule has 1 aliphatic rings. The predicted octanol–water partition coefficient (Wildman–Crippen LogP) is 3.78. The zero-order chi connectivity index (χ0) is 13.8. The van der Waals surface area contributed by atoms with Gasteiger partial charge in [0.05, 0.1) is 6.10 Å². The number of anilines is 1. The van der Waals surface area contributed by atoms with E-state index >= 15 is 0 Å². The molecule has 1 N–H and O–H groups in total. The zero-order valence-corrected chi connectivity index (χ0v) is 12.4. The summed E-state index contributed by atoms with van der Waals surface area (Å²) in [6.07, 6.45) is 5.32. The first-order valence-corrected chi connectivity index (χ1v) is 7.87. The molecule has 20 heavy (non-hydrogen) atoms. The van der Waals surface area contributed by atoms with Crippen molar-refractivity contribution in [2.24, 2.45) is 0 Å². The SMILES string of the molecule is Cc1nsc(NCc2ccccc2OC2CCCC2)n1. The number of aromatic nitrogens is 2. The van der Waals surface area contributed by atoms with E-state index in [1.807, 2.05) is 19.1 Å². The van der Waals surface area contributed by atoms with Crippen LogP contribution in [-0.2, 0) is 6.54 Å². The molecule has 1 aliphatic carbocycles. The lowest BCUT2D eigenvalue weighted by molar-refractivity contribution is 0.208. The van der Waals surface area contributed by atoms with Gasteiger partial charge in [0, 0.05) is 23.6 Å². The summed E-state index contributed by atoms with van der Waals surface area (Å²) in [5.41, 5.74) is 1.17. The molecule has 1 aromatic heterocycles. The van der Waals surface area contributed by atoms with Crippen molar-refractivity contribution in [2.45, 2.75) is 45.3 Å². The molecular formula is C15H19N3OS. The summed E-state index contributed by atoms with van der Waals surface area (Å²) in [4.78, 5) is 4.31. The van der Waals surface area contributed by atoms with E-state index in [1.54, 1.807) is 0 Å². The monoisotopic (exact) mass is 289 g/mol. The van der Waals surface area contributed by atoms with Crippen molar-refractivity contribution in [2.75, 3.05) is 5.32 Å². The second kappa shape index (κ2) is 6.22. The average Bonchev–Trinajstić information content (AvgIpc) is 3.10. The predicted molar refractivity (Wildman–Crippen MR) is 81.3 cm³/mol. The Morgan fingerprint density at radius 3 is 2.85 bits per heavy atom. The summed E-state index contributed by atoms with van der Waals surface area (Å²) in [6, 6.07) is 8.23. The molecule has 0 bridgehead atoms. The van der Waals surface area contributed by atoms with Gasteiger partial charge in [-0.3, -0.25) is 0 Å². The van der Waals surface area contributed by atoms with E-state index in [2.05, 4.69) is 26.8 Å². The van der Waals surface area contributed by atoms with Crippen LogP contribution in [0, 0.1) is 6.92 Å². The van der Waals surface area contributed by atoms with Gasteiger partial charge in [-0.1, -0.05) is 18.2 Å². The minimum atomic E-state index is 0.389. The second-order valence-corrected chi connectivity index (χ2v) is 5.88. The fourth-order valence-electron chi connectivity index (χ4n) is 2.49. The Balaban J connectivity index is 1.65. The molecule has 1 saturated carbocycles. The van der Waals surface area contributed by atoms with Gasteiger partial charge in [-0.2, -0.15) is 4.37 Å². The van der Waals surface area contributed by atoms with Gasteiger partial charge in [-0.15, -0.1) is 0 Å². The van der Waals surface area contributed by atoms with E-state index in [1.165, 1.54) is 42.8 Å². The number of benzene rings is 1. The lowest BCUT2D eigenvalue weighted by Crippen LogP contribution is -2.13. The number of nitrogens with one attached hydrogen (secondary N) is 1. The molecule has 1 fully saturated rings. The highest BCUT2D eigenvalue weighted by atomic mass is 32.1. The number of nitrogens with zero attached hydrogens (tertiary/aromatic N) is 2. The molecule has 0 aliphatic heterocycles. The van der Waals surface area contributed by atoms with E-state index in [0.717, 1.165) is 23.3 Å². The third kappa shape index (κ3) is 3.28. The van der Waals surface area contributed by atoms with Crippen molar-refractivity contribution in [3.05, 3.63) is 35.7 Å². The molecule has 1 heterocycles. The summed E-state index contributed by atoms with van der Waals surface area (Å²) in [5, 5.41) is 4.17. The van der Waals surface area contributed by atoms with Crippen LogP contribution in [0.1, 0.15) is 37.1 Å². The Hall–Kier alpha value is -1.62. The third-order valence-corrected chi connectivity index (χ3v) is 4.29. The summed E-state index contributed by atoms with van der Waals surface area (Å²) in [7, 11) is 0. The molecule has 0 atom stereocenters. The molecule has 2 aromatic rings. The van der Waals surface area contributed by atoms with E-state index < -0.39 is 0 Å². The van der Waals surface area contributed by atoms with Crippen LogP contribution in [0.5, 0.6) is 5.75 Å². The van der Waals surface area contributed by atoms with Crippen LogP contribution in [0.2, 0.25) is 0 Å². The molecule has 0 amide bonds. The molecule has 0 saturated heterocycles. The zero-order valence-electron chi connectivity index (χ0n) is 11.6. The number of para-hydroxylation sites is 1. The lowest BCUT2D eigenvalue weighted by atomic mass is 10.2. The van der Waals surface area contributed by atoms with Crippen molar-refractivity contribution < 1.29 is 4.74 Å². The van der Waals surface area contributed by atoms with E-state index in [9.17, 15) is 0 Å². The van der Waals surface area contributed by atoms with E-state index in [0.29, 0.717) is 6.10 Å². The highest BCUT2D eigenvalue weighted by Gasteiger charge is 2.17. The van der Waals surface area contributed by atoms with Crippen molar-refractivity contribution in [1.82, 2.24) is 9.36 Å². The molecule has 1 aromatic carbocycles. The Bertz CT molecular complexity index is 564. The van der Waals surface area contributed by atoms with Gasteiger partial charge in [0.1, 0.15) is 11.6 Å². The van der Waals surface area contributed by atoms with E-state index in [4.69, 9.17) is 4.74 Å². The maximum absolute atomic E-state index is 6.13. The highest BCUT2D eigenvalue weighted by molar-refractivity contribution is 7.09. The largest absolute Gasteiger partial charge is 0.490 e. The Morgan fingerprint density at radius 2 is 2.10 bits per heavy atom. The van der Waals surface area contributed by atoms with Gasteiger partial charge in [0.15, 0.2) is 0 Å². The summed E-state index contributed by atoms with van der Waals surface area (Å²) in [6.45, 7) is 2.62. The second-order valence-electron chi connectivity index (χ2n) is 5.13. The average molecular weight is 289 g/mol. The molecular weight excluding hydrogens is 270 g/mol. The van der Waals surface area contributed by atoms with Crippen molar-refractivity contribution >= 4 is 16.7 Å². The maximum atomic E-state index is 6.13. The molecule has 0 spiro atoms. The van der Waals surface area contributed by atoms with Crippen LogP contribution in [-0.4, -0.2) is 15.5 Å². The number of aryl methyl sites for hydroxylation is 1. The van der Waals surface area contributed by atoms with Gasteiger partial charge in [0.2, 0.25) is 5.13 Å². The first-order valence-electron chi connectivity index (χ1n) is 7.10. The van der Waals surface area contributed by atoms with Gasteiger partial charge in [-0.05, 0) is 38.7 Å². The number of hydrogen-bond donors (Lipinski definition) is 1. The standard InChI is InChI=1S/C15H19N3OS/c1-11-17-15(20-18-11)16-10-12-6-2-5-9-14(12)19-13-7-3-4-8-13/h2,5-6,9,13H,3-4,7-8,10H2,1H3,(H,16,17,18). The molecule has 3 rings (SSSR count). The van der Waals surface area contributed by atoms with Crippen molar-refractivity contribution in [3.8, 4) is 5.75 Å². The van der Waals surface area contributed by atoms with Crippen LogP contribution < -0.4 is 10.1 Å². The van der Waals surface area contributed by atoms with Crippen LogP contribution >= 0.6 is 11.5 Å². The van der Waals surface area contributed by atoms with Crippen molar-refractivity contribution in [1.29, 1.82) is 0 Å². The summed E-state index contributed by atoms with van der Waals surface area (Å²) in [5.74, 6) is 1.81. The molecule has 0 unspecified atom stereocenters. The first kappa shape index (κ1) is 13.4. The topological polar surface area (TPSA) is 47.0 Å². The normalized spacial score (nSPS) is 15.4. The first-order chi connectivity index (χ1) is 9.81. The maximum Gasteiger partial charge on any atom is 0.202 e.